The van der Waals surface area contributed by atoms with Gasteiger partial charge in [-0.15, -0.1) is 0 Å². The Labute approximate surface area is 127 Å². The molecule has 0 aliphatic heterocycles. The third-order valence-corrected chi connectivity index (χ3v) is 4.71. The van der Waals surface area contributed by atoms with E-state index in [0.29, 0.717) is 6.54 Å². The van der Waals surface area contributed by atoms with Crippen LogP contribution in [0.3, 0.4) is 0 Å². The lowest BCUT2D eigenvalue weighted by Crippen LogP contribution is -2.47. The fourth-order valence-corrected chi connectivity index (χ4v) is 3.25. The monoisotopic (exact) mass is 290 g/mol. The molecule has 0 heterocycles. The van der Waals surface area contributed by atoms with Crippen molar-refractivity contribution in [2.75, 3.05) is 14.2 Å². The van der Waals surface area contributed by atoms with Gasteiger partial charge in [-0.3, -0.25) is 4.79 Å². The lowest BCUT2D eigenvalue weighted by Gasteiger charge is -2.32. The summed E-state index contributed by atoms with van der Waals surface area (Å²) in [5.74, 6) is 0.956. The molecule has 4 heteroatoms. The predicted molar refractivity (Wildman–Crippen MR) is 84.1 cm³/mol. The smallest absolute Gasteiger partial charge is 0.230 e. The highest BCUT2D eigenvalue weighted by Gasteiger charge is 2.44. The maximum Gasteiger partial charge on any atom is 0.230 e. The molecule has 2 N–H and O–H groups in total. The summed E-state index contributed by atoms with van der Waals surface area (Å²) in [7, 11) is 3.50. The predicted octanol–water partition coefficient (Wildman–Crippen LogP) is 2.48. The highest BCUT2D eigenvalue weighted by atomic mass is 16.5. The van der Waals surface area contributed by atoms with Crippen LogP contribution in [0.2, 0.25) is 0 Å². The number of nitrogens with zero attached hydrogens (tertiary/aromatic N) is 1. The molecule has 0 saturated heterocycles. The van der Waals surface area contributed by atoms with Crippen molar-refractivity contribution in [3.05, 3.63) is 29.3 Å². The molecule has 1 aromatic carbocycles. The normalized spacial score (nSPS) is 24.9. The molecule has 1 fully saturated rings. The Morgan fingerprint density at radius 2 is 2.24 bits per heavy atom. The molecule has 0 spiro atoms. The van der Waals surface area contributed by atoms with Gasteiger partial charge in [-0.05, 0) is 32.8 Å². The van der Waals surface area contributed by atoms with Crippen LogP contribution in [0.5, 0.6) is 5.75 Å². The van der Waals surface area contributed by atoms with Crippen LogP contribution >= 0.6 is 0 Å². The first kappa shape index (κ1) is 15.8. The number of carbonyl (C=O) groups is 1. The Kier molecular flexibility index (Phi) is 4.57. The second-order valence-electron chi connectivity index (χ2n) is 6.39. The number of methoxy groups -OCH3 is 1. The summed E-state index contributed by atoms with van der Waals surface area (Å²) in [6.45, 7) is 4.59. The van der Waals surface area contributed by atoms with E-state index in [1.165, 1.54) is 0 Å². The fraction of sp³-hybridized carbons (Fsp3) is 0.588. The van der Waals surface area contributed by atoms with Gasteiger partial charge in [0.25, 0.3) is 0 Å². The van der Waals surface area contributed by atoms with Gasteiger partial charge in [-0.1, -0.05) is 24.1 Å². The van der Waals surface area contributed by atoms with Crippen LogP contribution in [0.4, 0.5) is 0 Å². The minimum absolute atomic E-state index is 0.0353. The van der Waals surface area contributed by atoms with Crippen molar-refractivity contribution in [3.63, 3.8) is 0 Å². The lowest BCUT2D eigenvalue weighted by molar-refractivity contribution is -0.140. The Bertz CT molecular complexity index is 530. The van der Waals surface area contributed by atoms with Crippen molar-refractivity contribution >= 4 is 5.91 Å². The zero-order chi connectivity index (χ0) is 15.6. The Morgan fingerprint density at radius 1 is 1.52 bits per heavy atom. The minimum Gasteiger partial charge on any atom is -0.496 e. The fourth-order valence-electron chi connectivity index (χ4n) is 3.25. The molecule has 0 bridgehead atoms. The number of amides is 1. The van der Waals surface area contributed by atoms with Crippen molar-refractivity contribution < 1.29 is 9.53 Å². The quantitative estimate of drug-likeness (QED) is 0.927. The van der Waals surface area contributed by atoms with Gasteiger partial charge in [-0.2, -0.15) is 0 Å². The van der Waals surface area contributed by atoms with Gasteiger partial charge in [0.15, 0.2) is 0 Å². The molecule has 21 heavy (non-hydrogen) atoms. The zero-order valence-electron chi connectivity index (χ0n) is 13.5. The number of hydrogen-bond acceptors (Lipinski definition) is 3. The van der Waals surface area contributed by atoms with Gasteiger partial charge in [0.1, 0.15) is 5.75 Å². The van der Waals surface area contributed by atoms with E-state index in [1.807, 2.05) is 33.0 Å². The number of benzene rings is 1. The van der Waals surface area contributed by atoms with E-state index in [2.05, 4.69) is 6.07 Å². The Hall–Kier alpha value is -1.55. The summed E-state index contributed by atoms with van der Waals surface area (Å²) >= 11 is 0. The molecule has 1 aliphatic rings. The topological polar surface area (TPSA) is 55.6 Å². The second-order valence-corrected chi connectivity index (χ2v) is 6.39. The molecule has 0 aromatic heterocycles. The third-order valence-electron chi connectivity index (χ3n) is 4.71. The number of aryl methyl sites for hydroxylation is 1. The first-order valence-corrected chi connectivity index (χ1v) is 7.53. The van der Waals surface area contributed by atoms with E-state index >= 15 is 0 Å². The van der Waals surface area contributed by atoms with Crippen LogP contribution in [0, 0.1) is 12.3 Å². The molecule has 1 saturated carbocycles. The van der Waals surface area contributed by atoms with Crippen LogP contribution < -0.4 is 10.5 Å². The van der Waals surface area contributed by atoms with Crippen molar-refractivity contribution in [3.8, 4) is 5.75 Å². The molecule has 1 aliphatic carbocycles. The van der Waals surface area contributed by atoms with Crippen LogP contribution in [0.15, 0.2) is 18.2 Å². The number of nitrogens with two attached hydrogens (primary N) is 1. The highest BCUT2D eigenvalue weighted by molar-refractivity contribution is 5.83. The summed E-state index contributed by atoms with van der Waals surface area (Å²) in [5.41, 5.74) is 7.92. The number of carbonyl (C=O) groups excluding carboxylic acids is 1. The average Bonchev–Trinajstić information content (AvgIpc) is 2.79. The lowest BCUT2D eigenvalue weighted by atomic mass is 9.83. The molecule has 0 radical (unpaired) electrons. The summed E-state index contributed by atoms with van der Waals surface area (Å²) in [6, 6.07) is 6.00. The molecular weight excluding hydrogens is 264 g/mol. The van der Waals surface area contributed by atoms with E-state index in [-0.39, 0.29) is 11.9 Å². The Morgan fingerprint density at radius 3 is 2.81 bits per heavy atom. The summed E-state index contributed by atoms with van der Waals surface area (Å²) in [5, 5.41) is 0. The van der Waals surface area contributed by atoms with Gasteiger partial charge >= 0.3 is 0 Å². The molecule has 2 unspecified atom stereocenters. The molecule has 2 rings (SSSR count). The van der Waals surface area contributed by atoms with Crippen molar-refractivity contribution in [1.29, 1.82) is 0 Å². The van der Waals surface area contributed by atoms with Gasteiger partial charge in [0.05, 0.1) is 12.5 Å². The zero-order valence-corrected chi connectivity index (χ0v) is 13.5. The van der Waals surface area contributed by atoms with E-state index in [9.17, 15) is 4.79 Å². The molecule has 1 aromatic rings. The van der Waals surface area contributed by atoms with Crippen molar-refractivity contribution in [1.82, 2.24) is 4.90 Å². The van der Waals surface area contributed by atoms with E-state index in [0.717, 1.165) is 36.1 Å². The van der Waals surface area contributed by atoms with Gasteiger partial charge in [0, 0.05) is 25.2 Å². The van der Waals surface area contributed by atoms with E-state index < -0.39 is 5.41 Å². The van der Waals surface area contributed by atoms with Gasteiger partial charge in [-0.25, -0.2) is 0 Å². The second kappa shape index (κ2) is 6.06. The van der Waals surface area contributed by atoms with Gasteiger partial charge < -0.3 is 15.4 Å². The van der Waals surface area contributed by atoms with Crippen molar-refractivity contribution in [2.24, 2.45) is 11.1 Å². The van der Waals surface area contributed by atoms with Crippen LogP contribution in [0.1, 0.15) is 37.3 Å². The van der Waals surface area contributed by atoms with Crippen LogP contribution in [-0.2, 0) is 11.3 Å². The first-order valence-electron chi connectivity index (χ1n) is 7.53. The van der Waals surface area contributed by atoms with Crippen LogP contribution in [0.25, 0.3) is 0 Å². The maximum atomic E-state index is 12.8. The minimum atomic E-state index is -0.425. The number of rotatable bonds is 4. The van der Waals surface area contributed by atoms with Crippen LogP contribution in [-0.4, -0.2) is 31.0 Å². The standard InChI is InChI=1S/C17H26N2O2/c1-12-7-8-14(21-4)13(10-12)11-19(3)16(20)17(2)9-5-6-15(17)18/h7-8,10,15H,5-6,9,11,18H2,1-4H3. The molecular formula is C17H26N2O2. The van der Waals surface area contributed by atoms with E-state index in [1.54, 1.807) is 12.0 Å². The SMILES string of the molecule is COc1ccc(C)cc1CN(C)C(=O)C1(C)CCCC1N. The molecule has 4 nitrogen and oxygen atoms in total. The Balaban J connectivity index is 2.16. The van der Waals surface area contributed by atoms with Gasteiger partial charge in [0.2, 0.25) is 5.91 Å². The summed E-state index contributed by atoms with van der Waals surface area (Å²) in [4.78, 5) is 14.6. The molecule has 2 atom stereocenters. The van der Waals surface area contributed by atoms with E-state index in [4.69, 9.17) is 10.5 Å². The third kappa shape index (κ3) is 3.05. The van der Waals surface area contributed by atoms with Crippen molar-refractivity contribution in [2.45, 2.75) is 45.7 Å². The first-order chi connectivity index (χ1) is 9.88. The number of ether oxygens (including phenoxy) is 1. The molecule has 1 amide bonds. The maximum absolute atomic E-state index is 12.8. The number of hydrogen-bond donors (Lipinski definition) is 1. The average molecular weight is 290 g/mol. The summed E-state index contributed by atoms with van der Waals surface area (Å²) < 4.78 is 5.39. The highest BCUT2D eigenvalue weighted by Crippen LogP contribution is 2.38. The molecule has 116 valence electrons. The summed E-state index contributed by atoms with van der Waals surface area (Å²) in [6.07, 6.45) is 2.84. The largest absolute Gasteiger partial charge is 0.496 e.